The Morgan fingerprint density at radius 2 is 1.41 bits per heavy atom. The van der Waals surface area contributed by atoms with Gasteiger partial charge in [0.1, 0.15) is 0 Å². The van der Waals surface area contributed by atoms with Crippen molar-refractivity contribution in [3.05, 3.63) is 0 Å². The molecule has 2 heteroatoms. The molecule has 1 saturated heterocycles. The van der Waals surface area contributed by atoms with E-state index in [-0.39, 0.29) is 0 Å². The van der Waals surface area contributed by atoms with E-state index in [1.54, 1.807) is 0 Å². The molecule has 2 nitrogen and oxygen atoms in total. The molecular formula is C20H42N2+2. The molecule has 0 aromatic heterocycles. The van der Waals surface area contributed by atoms with E-state index < -0.39 is 0 Å². The Kier molecular flexibility index (Phi) is 6.76. The van der Waals surface area contributed by atoms with Gasteiger partial charge in [-0.3, -0.25) is 0 Å². The van der Waals surface area contributed by atoms with Crippen LogP contribution in [-0.4, -0.2) is 62.3 Å². The third-order valence-electron chi connectivity index (χ3n) is 7.09. The van der Waals surface area contributed by atoms with Crippen LogP contribution in [0, 0.1) is 11.8 Å². The third-order valence-corrected chi connectivity index (χ3v) is 7.09. The summed E-state index contributed by atoms with van der Waals surface area (Å²) in [5, 5.41) is 0. The average molecular weight is 311 g/mol. The van der Waals surface area contributed by atoms with Gasteiger partial charge in [-0.05, 0) is 52.4 Å². The number of hydrogen-bond acceptors (Lipinski definition) is 0. The minimum atomic E-state index is 1.07. The zero-order valence-corrected chi connectivity index (χ0v) is 15.9. The van der Waals surface area contributed by atoms with Crippen LogP contribution in [0.5, 0.6) is 0 Å². The molecule has 1 aliphatic heterocycles. The number of nitrogens with zero attached hydrogens (tertiary/aromatic N) is 2. The number of likely N-dealkylation sites (tertiary alicyclic amines) is 1. The van der Waals surface area contributed by atoms with E-state index in [9.17, 15) is 0 Å². The van der Waals surface area contributed by atoms with Crippen LogP contribution < -0.4 is 0 Å². The normalized spacial score (nSPS) is 27.8. The van der Waals surface area contributed by atoms with E-state index >= 15 is 0 Å². The van der Waals surface area contributed by atoms with Crippen molar-refractivity contribution in [1.82, 2.24) is 0 Å². The molecule has 0 radical (unpaired) electrons. The van der Waals surface area contributed by atoms with Gasteiger partial charge in [0.15, 0.2) is 0 Å². The lowest BCUT2D eigenvalue weighted by Gasteiger charge is -2.32. The van der Waals surface area contributed by atoms with Crippen LogP contribution in [0.3, 0.4) is 0 Å². The molecule has 1 saturated carbocycles. The van der Waals surface area contributed by atoms with Crippen LogP contribution >= 0.6 is 0 Å². The van der Waals surface area contributed by atoms with Gasteiger partial charge in [0, 0.05) is 11.8 Å². The first-order valence-corrected chi connectivity index (χ1v) is 10.2. The lowest BCUT2D eigenvalue weighted by atomic mass is 9.82. The van der Waals surface area contributed by atoms with Crippen molar-refractivity contribution in [2.24, 2.45) is 11.8 Å². The topological polar surface area (TPSA) is 0 Å². The highest BCUT2D eigenvalue weighted by atomic mass is 15.4. The summed E-state index contributed by atoms with van der Waals surface area (Å²) in [5.74, 6) is 2.15. The fraction of sp³-hybridized carbons (Fsp3) is 1.00. The summed E-state index contributed by atoms with van der Waals surface area (Å²) in [7, 11) is 4.96. The second kappa shape index (κ2) is 8.15. The van der Waals surface area contributed by atoms with E-state index in [0.29, 0.717) is 0 Å². The van der Waals surface area contributed by atoms with Gasteiger partial charge in [-0.2, -0.15) is 0 Å². The maximum Gasteiger partial charge on any atom is 0.0818 e. The van der Waals surface area contributed by atoms with Crippen LogP contribution in [0.2, 0.25) is 0 Å². The lowest BCUT2D eigenvalue weighted by Crippen LogP contribution is -2.44. The van der Waals surface area contributed by atoms with E-state index in [1.165, 1.54) is 99.6 Å². The fourth-order valence-corrected chi connectivity index (χ4v) is 5.04. The van der Waals surface area contributed by atoms with Crippen molar-refractivity contribution < 1.29 is 8.97 Å². The van der Waals surface area contributed by atoms with Crippen LogP contribution in [-0.2, 0) is 0 Å². The lowest BCUT2D eigenvalue weighted by molar-refractivity contribution is -0.906. The third kappa shape index (κ3) is 4.96. The summed E-state index contributed by atoms with van der Waals surface area (Å²) < 4.78 is 2.66. The van der Waals surface area contributed by atoms with Gasteiger partial charge in [0.05, 0.1) is 53.4 Å². The second-order valence-corrected chi connectivity index (χ2v) is 8.90. The van der Waals surface area contributed by atoms with Gasteiger partial charge in [0.25, 0.3) is 0 Å². The molecule has 1 heterocycles. The number of unbranched alkanes of at least 4 members (excludes halogenated alkanes) is 3. The van der Waals surface area contributed by atoms with Gasteiger partial charge in [-0.1, -0.05) is 12.8 Å². The molecule has 2 atom stereocenters. The van der Waals surface area contributed by atoms with Gasteiger partial charge in [-0.15, -0.1) is 0 Å². The molecule has 1 aliphatic carbocycles. The van der Waals surface area contributed by atoms with Crippen molar-refractivity contribution in [3.8, 4) is 0 Å². The molecule has 130 valence electrons. The van der Waals surface area contributed by atoms with Crippen LogP contribution in [0.4, 0.5) is 0 Å². The molecule has 0 unspecified atom stereocenters. The molecule has 0 spiro atoms. The maximum absolute atomic E-state index is 2.54. The first-order chi connectivity index (χ1) is 10.5. The van der Waals surface area contributed by atoms with Gasteiger partial charge < -0.3 is 8.97 Å². The largest absolute Gasteiger partial charge is 0.327 e. The standard InChI is InChI=1S/C20H42N2/c1-5-21(3,6-2)15-11-7-8-12-16-22(4)17-19-13-9-10-14-20(19)18-22/h19-20H,5-18H2,1-4H3/q+2/t19-,20-/m0/s1. The minimum absolute atomic E-state index is 1.07. The van der Waals surface area contributed by atoms with Crippen LogP contribution in [0.15, 0.2) is 0 Å². The monoisotopic (exact) mass is 310 g/mol. The molecule has 0 bridgehead atoms. The fourth-order valence-electron chi connectivity index (χ4n) is 5.04. The molecular weight excluding hydrogens is 268 g/mol. The molecule has 2 aliphatic rings. The summed E-state index contributed by atoms with van der Waals surface area (Å²) >= 11 is 0. The summed E-state index contributed by atoms with van der Waals surface area (Å²) in [6.07, 6.45) is 11.9. The molecule has 0 amide bonds. The molecule has 0 aromatic carbocycles. The minimum Gasteiger partial charge on any atom is -0.327 e. The Hall–Kier alpha value is -0.0800. The maximum atomic E-state index is 2.54. The number of rotatable bonds is 9. The quantitative estimate of drug-likeness (QED) is 0.440. The predicted octanol–water partition coefficient (Wildman–Crippen LogP) is 4.30. The second-order valence-electron chi connectivity index (χ2n) is 8.90. The SMILES string of the molecule is CC[N+](C)(CC)CCCCCC[N+]1(C)C[C@@H]2CCCC[C@H]2C1. The number of fused-ring (bicyclic) bond motifs is 1. The summed E-state index contributed by atoms with van der Waals surface area (Å²) in [6, 6.07) is 0. The zero-order chi connectivity index (χ0) is 16.1. The van der Waals surface area contributed by atoms with Gasteiger partial charge >= 0.3 is 0 Å². The van der Waals surface area contributed by atoms with E-state index in [2.05, 4.69) is 27.9 Å². The molecule has 2 rings (SSSR count). The van der Waals surface area contributed by atoms with Crippen LogP contribution in [0.25, 0.3) is 0 Å². The molecule has 0 N–H and O–H groups in total. The van der Waals surface area contributed by atoms with E-state index in [1.807, 2.05) is 0 Å². The Balaban J connectivity index is 1.59. The average Bonchev–Trinajstić information content (AvgIpc) is 2.86. The first-order valence-electron chi connectivity index (χ1n) is 10.2. The van der Waals surface area contributed by atoms with Crippen molar-refractivity contribution in [2.45, 2.75) is 65.2 Å². The highest BCUT2D eigenvalue weighted by molar-refractivity contribution is 4.80. The van der Waals surface area contributed by atoms with E-state index in [4.69, 9.17) is 0 Å². The van der Waals surface area contributed by atoms with Crippen molar-refractivity contribution in [3.63, 3.8) is 0 Å². The molecule has 2 fully saturated rings. The molecule has 0 aromatic rings. The first kappa shape index (κ1) is 18.3. The molecule has 22 heavy (non-hydrogen) atoms. The summed E-state index contributed by atoms with van der Waals surface area (Å²) in [5.41, 5.74) is 0. The Morgan fingerprint density at radius 3 is 1.95 bits per heavy atom. The van der Waals surface area contributed by atoms with Crippen molar-refractivity contribution in [2.75, 3.05) is 53.4 Å². The highest BCUT2D eigenvalue weighted by Crippen LogP contribution is 2.39. The Labute approximate surface area is 140 Å². The Bertz CT molecular complexity index is 308. The number of hydrogen-bond donors (Lipinski definition) is 0. The summed E-state index contributed by atoms with van der Waals surface area (Å²) in [4.78, 5) is 0. The smallest absolute Gasteiger partial charge is 0.0818 e. The van der Waals surface area contributed by atoms with E-state index in [0.717, 1.165) is 11.8 Å². The van der Waals surface area contributed by atoms with Crippen LogP contribution in [0.1, 0.15) is 65.2 Å². The number of quaternary nitrogens is 2. The zero-order valence-electron chi connectivity index (χ0n) is 15.9. The Morgan fingerprint density at radius 1 is 0.864 bits per heavy atom. The van der Waals surface area contributed by atoms with Crippen molar-refractivity contribution in [1.29, 1.82) is 0 Å². The predicted molar refractivity (Wildman–Crippen MR) is 96.8 cm³/mol. The van der Waals surface area contributed by atoms with Gasteiger partial charge in [0.2, 0.25) is 0 Å². The van der Waals surface area contributed by atoms with Gasteiger partial charge in [-0.25, -0.2) is 0 Å². The van der Waals surface area contributed by atoms with Crippen molar-refractivity contribution >= 4 is 0 Å². The highest BCUT2D eigenvalue weighted by Gasteiger charge is 2.42. The summed E-state index contributed by atoms with van der Waals surface area (Å²) in [6.45, 7) is 13.0.